The average molecular weight is 309 g/mol. The number of benzene rings is 2. The Morgan fingerprint density at radius 1 is 1.13 bits per heavy atom. The van der Waals surface area contributed by atoms with E-state index in [1.165, 1.54) is 17.2 Å². The van der Waals surface area contributed by atoms with Crippen molar-refractivity contribution >= 4 is 5.91 Å². The van der Waals surface area contributed by atoms with Gasteiger partial charge in [0.05, 0.1) is 6.61 Å². The van der Waals surface area contributed by atoms with Crippen LogP contribution in [-0.2, 0) is 11.2 Å². The normalized spacial score (nSPS) is 11.6. The molecule has 0 fully saturated rings. The van der Waals surface area contributed by atoms with Crippen LogP contribution in [0.25, 0.3) is 11.1 Å². The van der Waals surface area contributed by atoms with Gasteiger partial charge in [-0.05, 0) is 55.2 Å². The summed E-state index contributed by atoms with van der Waals surface area (Å²) >= 11 is 0. The highest BCUT2D eigenvalue weighted by atomic mass is 16.5. The third-order valence-electron chi connectivity index (χ3n) is 3.57. The molecule has 23 heavy (non-hydrogen) atoms. The second-order valence-electron chi connectivity index (χ2n) is 5.47. The van der Waals surface area contributed by atoms with E-state index < -0.39 is 0 Å². The van der Waals surface area contributed by atoms with Crippen LogP contribution in [0.2, 0.25) is 0 Å². The second-order valence-corrected chi connectivity index (χ2v) is 5.47. The molecular weight excluding hydrogens is 286 g/mol. The topological polar surface area (TPSA) is 38.3 Å². The van der Waals surface area contributed by atoms with Crippen LogP contribution >= 0.6 is 0 Å². The summed E-state index contributed by atoms with van der Waals surface area (Å²) in [6.07, 6.45) is 2.09. The minimum atomic E-state index is -0.136. The monoisotopic (exact) mass is 309 g/mol. The van der Waals surface area contributed by atoms with E-state index >= 15 is 0 Å². The summed E-state index contributed by atoms with van der Waals surface area (Å²) in [5.41, 5.74) is 3.52. The molecule has 0 radical (unpaired) electrons. The fourth-order valence-corrected chi connectivity index (χ4v) is 2.45. The zero-order chi connectivity index (χ0) is 16.7. The highest BCUT2D eigenvalue weighted by Gasteiger charge is 2.06. The number of hydrogen-bond acceptors (Lipinski definition) is 2. The Hall–Kier alpha value is -2.55. The number of amides is 1. The Kier molecular flexibility index (Phi) is 5.98. The van der Waals surface area contributed by atoms with Crippen molar-refractivity contribution in [3.8, 4) is 16.9 Å². The van der Waals surface area contributed by atoms with Gasteiger partial charge in [0.25, 0.3) is 0 Å². The van der Waals surface area contributed by atoms with Crippen LogP contribution < -0.4 is 10.1 Å². The molecule has 3 heteroatoms. The predicted molar refractivity (Wildman–Crippen MR) is 94.6 cm³/mol. The minimum Gasteiger partial charge on any atom is -0.494 e. The molecular formula is C20H23NO2. The molecule has 1 atom stereocenters. The fraction of sp³-hybridized carbons (Fsp3) is 0.250. The van der Waals surface area contributed by atoms with Crippen molar-refractivity contribution in [2.45, 2.75) is 26.3 Å². The summed E-state index contributed by atoms with van der Waals surface area (Å²) in [6.45, 7) is 8.10. The second kappa shape index (κ2) is 8.18. The van der Waals surface area contributed by atoms with Crippen LogP contribution in [0.1, 0.15) is 19.4 Å². The number of ether oxygens (including phenoxy) is 1. The van der Waals surface area contributed by atoms with Gasteiger partial charge in [0.1, 0.15) is 5.75 Å². The lowest BCUT2D eigenvalue weighted by Gasteiger charge is -2.13. The Morgan fingerprint density at radius 2 is 1.70 bits per heavy atom. The molecule has 0 aliphatic heterocycles. The van der Waals surface area contributed by atoms with E-state index in [1.807, 2.05) is 26.0 Å². The number of carbonyl (C=O) groups excluding carboxylic acids is 1. The van der Waals surface area contributed by atoms with Gasteiger partial charge >= 0.3 is 0 Å². The van der Waals surface area contributed by atoms with E-state index in [4.69, 9.17) is 4.74 Å². The SMILES string of the molecule is C=CC(=O)NC(C)Cc1ccc(-c2ccc(OCC)cc2)cc1. The van der Waals surface area contributed by atoms with E-state index in [-0.39, 0.29) is 11.9 Å². The molecule has 0 aromatic heterocycles. The predicted octanol–water partition coefficient (Wildman–Crippen LogP) is 3.99. The highest BCUT2D eigenvalue weighted by Crippen LogP contribution is 2.23. The van der Waals surface area contributed by atoms with E-state index in [9.17, 15) is 4.79 Å². The van der Waals surface area contributed by atoms with Crippen molar-refractivity contribution in [2.75, 3.05) is 6.61 Å². The van der Waals surface area contributed by atoms with Crippen molar-refractivity contribution in [1.29, 1.82) is 0 Å². The van der Waals surface area contributed by atoms with Gasteiger partial charge in [-0.25, -0.2) is 0 Å². The van der Waals surface area contributed by atoms with Crippen LogP contribution in [0.15, 0.2) is 61.2 Å². The zero-order valence-corrected chi connectivity index (χ0v) is 13.7. The number of carbonyl (C=O) groups is 1. The van der Waals surface area contributed by atoms with Crippen LogP contribution in [0.3, 0.4) is 0 Å². The molecule has 1 unspecified atom stereocenters. The standard InChI is InChI=1S/C20H23NO2/c1-4-20(22)21-15(3)14-16-6-8-17(9-7-16)18-10-12-19(13-11-18)23-5-2/h4,6-13,15H,1,5,14H2,2-3H3,(H,21,22). The van der Waals surface area contributed by atoms with Gasteiger partial charge in [-0.2, -0.15) is 0 Å². The number of rotatable bonds is 7. The van der Waals surface area contributed by atoms with Gasteiger partial charge in [-0.15, -0.1) is 0 Å². The van der Waals surface area contributed by atoms with Gasteiger partial charge < -0.3 is 10.1 Å². The van der Waals surface area contributed by atoms with Crippen LogP contribution in [0.5, 0.6) is 5.75 Å². The summed E-state index contributed by atoms with van der Waals surface area (Å²) < 4.78 is 5.46. The Balaban J connectivity index is 2.01. The maximum Gasteiger partial charge on any atom is 0.243 e. The van der Waals surface area contributed by atoms with Gasteiger partial charge in [0.2, 0.25) is 5.91 Å². The highest BCUT2D eigenvalue weighted by molar-refractivity contribution is 5.87. The maximum atomic E-state index is 11.3. The molecule has 0 saturated heterocycles. The summed E-state index contributed by atoms with van der Waals surface area (Å²) in [5, 5.41) is 2.87. The molecule has 3 nitrogen and oxygen atoms in total. The molecule has 2 rings (SSSR count). The first-order valence-electron chi connectivity index (χ1n) is 7.87. The molecule has 0 saturated carbocycles. The largest absolute Gasteiger partial charge is 0.494 e. The van der Waals surface area contributed by atoms with Crippen LogP contribution in [0, 0.1) is 0 Å². The van der Waals surface area contributed by atoms with Crippen molar-refractivity contribution in [3.05, 3.63) is 66.7 Å². The van der Waals surface area contributed by atoms with Crippen molar-refractivity contribution < 1.29 is 9.53 Å². The Bertz CT molecular complexity index is 644. The van der Waals surface area contributed by atoms with Crippen LogP contribution in [-0.4, -0.2) is 18.6 Å². The van der Waals surface area contributed by atoms with Gasteiger partial charge in [-0.3, -0.25) is 4.79 Å². The lowest BCUT2D eigenvalue weighted by atomic mass is 10.0. The fourth-order valence-electron chi connectivity index (χ4n) is 2.45. The lowest BCUT2D eigenvalue weighted by Crippen LogP contribution is -2.32. The molecule has 120 valence electrons. The van der Waals surface area contributed by atoms with Gasteiger partial charge in [0, 0.05) is 6.04 Å². The van der Waals surface area contributed by atoms with Crippen molar-refractivity contribution in [2.24, 2.45) is 0 Å². The van der Waals surface area contributed by atoms with Gasteiger partial charge in [0.15, 0.2) is 0 Å². The minimum absolute atomic E-state index is 0.0804. The van der Waals surface area contributed by atoms with E-state index in [1.54, 1.807) is 0 Å². The molecule has 0 bridgehead atoms. The molecule has 0 aliphatic carbocycles. The van der Waals surface area contributed by atoms with Gasteiger partial charge in [-0.1, -0.05) is 43.0 Å². The summed E-state index contributed by atoms with van der Waals surface area (Å²) in [6, 6.07) is 16.6. The molecule has 2 aromatic rings. The van der Waals surface area contributed by atoms with Crippen molar-refractivity contribution in [1.82, 2.24) is 5.32 Å². The molecule has 1 N–H and O–H groups in total. The first-order chi connectivity index (χ1) is 11.1. The van der Waals surface area contributed by atoms with E-state index in [0.29, 0.717) is 6.61 Å². The molecule has 0 heterocycles. The summed E-state index contributed by atoms with van der Waals surface area (Å²) in [7, 11) is 0. The average Bonchev–Trinajstić information content (AvgIpc) is 2.56. The van der Waals surface area contributed by atoms with E-state index in [2.05, 4.69) is 48.3 Å². The Labute approximate surface area is 138 Å². The van der Waals surface area contributed by atoms with E-state index in [0.717, 1.165) is 17.7 Å². The zero-order valence-electron chi connectivity index (χ0n) is 13.7. The van der Waals surface area contributed by atoms with Crippen LogP contribution in [0.4, 0.5) is 0 Å². The molecule has 1 amide bonds. The quantitative estimate of drug-likeness (QED) is 0.786. The molecule has 2 aromatic carbocycles. The lowest BCUT2D eigenvalue weighted by molar-refractivity contribution is -0.117. The van der Waals surface area contributed by atoms with Crippen molar-refractivity contribution in [3.63, 3.8) is 0 Å². The number of hydrogen-bond donors (Lipinski definition) is 1. The third-order valence-corrected chi connectivity index (χ3v) is 3.57. The summed E-state index contributed by atoms with van der Waals surface area (Å²) in [5.74, 6) is 0.753. The molecule has 0 spiro atoms. The molecule has 0 aliphatic rings. The first kappa shape index (κ1) is 16.8. The Morgan fingerprint density at radius 3 is 2.22 bits per heavy atom. The third kappa shape index (κ3) is 4.99. The smallest absolute Gasteiger partial charge is 0.243 e. The number of nitrogens with one attached hydrogen (secondary N) is 1. The first-order valence-corrected chi connectivity index (χ1v) is 7.87. The summed E-state index contributed by atoms with van der Waals surface area (Å²) in [4.78, 5) is 11.3. The maximum absolute atomic E-state index is 11.3.